The second-order valence-corrected chi connectivity index (χ2v) is 6.52. The number of nitrogens with one attached hydrogen (secondary N) is 1. The number of anilines is 1. The highest BCUT2D eigenvalue weighted by Crippen LogP contribution is 2.36. The van der Waals surface area contributed by atoms with Crippen LogP contribution in [0.15, 0.2) is 12.1 Å². The molecule has 0 aliphatic rings. The fourth-order valence-corrected chi connectivity index (χ4v) is 2.79. The van der Waals surface area contributed by atoms with Gasteiger partial charge in [-0.25, -0.2) is 8.42 Å². The first kappa shape index (κ1) is 19.6. The predicted molar refractivity (Wildman–Crippen MR) is 87.9 cm³/mol. The fourth-order valence-electron chi connectivity index (χ4n) is 1.67. The number of methoxy groups -OCH3 is 2. The molecule has 6 heteroatoms. The van der Waals surface area contributed by atoms with Crippen LogP contribution in [0.3, 0.4) is 0 Å². The van der Waals surface area contributed by atoms with Crippen molar-refractivity contribution in [3.63, 3.8) is 0 Å². The van der Waals surface area contributed by atoms with Crippen molar-refractivity contribution in [2.24, 2.45) is 0 Å². The van der Waals surface area contributed by atoms with E-state index in [4.69, 9.17) is 9.47 Å². The minimum Gasteiger partial charge on any atom is -0.493 e. The van der Waals surface area contributed by atoms with E-state index in [1.165, 1.54) is 20.6 Å². The van der Waals surface area contributed by atoms with Crippen LogP contribution in [0.1, 0.15) is 39.2 Å². The molecule has 122 valence electrons. The topological polar surface area (TPSA) is 64.6 Å². The molecule has 1 aromatic rings. The lowest BCUT2D eigenvalue weighted by molar-refractivity contribution is 0.356. The highest BCUT2D eigenvalue weighted by Gasteiger charge is 2.16. The number of sulfonamides is 1. The van der Waals surface area contributed by atoms with Gasteiger partial charge in [0, 0.05) is 0 Å². The maximum absolute atomic E-state index is 11.8. The Morgan fingerprint density at radius 3 is 2.10 bits per heavy atom. The Hall–Kier alpha value is -1.43. The minimum atomic E-state index is -3.34. The van der Waals surface area contributed by atoms with Crippen molar-refractivity contribution in [3.8, 4) is 11.5 Å². The van der Waals surface area contributed by atoms with Crippen molar-refractivity contribution in [1.29, 1.82) is 0 Å². The summed E-state index contributed by atoms with van der Waals surface area (Å²) < 4.78 is 36.4. The van der Waals surface area contributed by atoms with E-state index in [1.54, 1.807) is 12.1 Å². The maximum Gasteiger partial charge on any atom is 0.232 e. The lowest BCUT2D eigenvalue weighted by atomic mass is 10.2. The van der Waals surface area contributed by atoms with Gasteiger partial charge in [0.15, 0.2) is 11.5 Å². The van der Waals surface area contributed by atoms with E-state index in [0.29, 0.717) is 23.6 Å². The van der Waals surface area contributed by atoms with Gasteiger partial charge in [-0.05, 0) is 31.0 Å². The van der Waals surface area contributed by atoms with E-state index in [9.17, 15) is 8.42 Å². The van der Waals surface area contributed by atoms with Crippen molar-refractivity contribution in [2.75, 3.05) is 24.7 Å². The number of ether oxygens (including phenoxy) is 2. The first-order valence-corrected chi connectivity index (χ1v) is 8.73. The summed E-state index contributed by atoms with van der Waals surface area (Å²) in [5, 5.41) is 0. The molecule has 0 spiro atoms. The number of aryl methyl sites for hydroxylation is 1. The number of benzene rings is 1. The van der Waals surface area contributed by atoms with Gasteiger partial charge in [-0.15, -0.1) is 0 Å². The highest BCUT2D eigenvalue weighted by atomic mass is 32.2. The highest BCUT2D eigenvalue weighted by molar-refractivity contribution is 7.92. The Balaban J connectivity index is 0.00000122. The zero-order valence-electron chi connectivity index (χ0n) is 13.8. The van der Waals surface area contributed by atoms with Crippen LogP contribution in [0.4, 0.5) is 5.69 Å². The van der Waals surface area contributed by atoms with Crippen molar-refractivity contribution >= 4 is 15.7 Å². The second-order valence-electron chi connectivity index (χ2n) is 4.68. The van der Waals surface area contributed by atoms with Gasteiger partial charge < -0.3 is 9.47 Å². The molecule has 0 saturated heterocycles. The van der Waals surface area contributed by atoms with Crippen LogP contribution >= 0.6 is 0 Å². The Kier molecular flexibility index (Phi) is 8.85. The van der Waals surface area contributed by atoms with Gasteiger partial charge in [0.05, 0.1) is 25.7 Å². The molecule has 1 aromatic carbocycles. The summed E-state index contributed by atoms with van der Waals surface area (Å²) >= 11 is 0. The number of hydrogen-bond donors (Lipinski definition) is 1. The molecule has 0 heterocycles. The van der Waals surface area contributed by atoms with Gasteiger partial charge in [0.25, 0.3) is 0 Å². The summed E-state index contributed by atoms with van der Waals surface area (Å²) in [5.74, 6) is 0.973. The van der Waals surface area contributed by atoms with E-state index in [-0.39, 0.29) is 5.75 Å². The van der Waals surface area contributed by atoms with E-state index >= 15 is 0 Å². The zero-order valence-corrected chi connectivity index (χ0v) is 14.6. The number of hydrogen-bond acceptors (Lipinski definition) is 4. The molecule has 0 aliphatic carbocycles. The molecule has 0 radical (unpaired) electrons. The van der Waals surface area contributed by atoms with Crippen LogP contribution < -0.4 is 14.2 Å². The molecule has 1 rings (SSSR count). The molecule has 0 saturated carbocycles. The van der Waals surface area contributed by atoms with Crippen LogP contribution in [0, 0.1) is 6.92 Å². The lowest BCUT2D eigenvalue weighted by Gasteiger charge is -2.15. The molecule has 0 aliphatic heterocycles. The summed E-state index contributed by atoms with van der Waals surface area (Å²) in [6.07, 6.45) is 1.81. The van der Waals surface area contributed by atoms with Gasteiger partial charge in [-0.2, -0.15) is 0 Å². The van der Waals surface area contributed by atoms with Crippen molar-refractivity contribution < 1.29 is 17.9 Å². The molecule has 0 fully saturated rings. The Morgan fingerprint density at radius 1 is 1.10 bits per heavy atom. The van der Waals surface area contributed by atoms with E-state index in [1.807, 2.05) is 13.8 Å². The van der Waals surface area contributed by atoms with Gasteiger partial charge >= 0.3 is 0 Å². The average Bonchev–Trinajstić information content (AvgIpc) is 2.38. The molecule has 0 aromatic heterocycles. The standard InChI is InChI=1S/C12H19NO4S.C3H8/c1-5-6-18(14,15)13-10-7-9(2)8-11(16-3)12(10)17-4;1-3-2/h7-8,13H,5-6H2,1-4H3;3H2,1-2H3. The first-order valence-electron chi connectivity index (χ1n) is 7.08. The fraction of sp³-hybridized carbons (Fsp3) is 0.600. The Labute approximate surface area is 128 Å². The van der Waals surface area contributed by atoms with Gasteiger partial charge in [0.1, 0.15) is 0 Å². The van der Waals surface area contributed by atoms with Gasteiger partial charge in [-0.3, -0.25) is 4.72 Å². The zero-order chi connectivity index (χ0) is 16.5. The molecule has 5 nitrogen and oxygen atoms in total. The van der Waals surface area contributed by atoms with Crippen LogP contribution in [-0.2, 0) is 10.0 Å². The van der Waals surface area contributed by atoms with Crippen LogP contribution in [0.2, 0.25) is 0 Å². The molecule has 0 unspecified atom stereocenters. The van der Waals surface area contributed by atoms with Crippen LogP contribution in [0.25, 0.3) is 0 Å². The monoisotopic (exact) mass is 317 g/mol. The van der Waals surface area contributed by atoms with E-state index in [2.05, 4.69) is 18.6 Å². The van der Waals surface area contributed by atoms with Crippen molar-refractivity contribution in [3.05, 3.63) is 17.7 Å². The molecule has 0 bridgehead atoms. The lowest BCUT2D eigenvalue weighted by Crippen LogP contribution is -2.17. The third-order valence-electron chi connectivity index (χ3n) is 2.36. The molecule has 21 heavy (non-hydrogen) atoms. The Bertz CT molecular complexity index is 527. The Morgan fingerprint density at radius 2 is 1.67 bits per heavy atom. The third kappa shape index (κ3) is 6.71. The molecule has 1 N–H and O–H groups in total. The second kappa shape index (κ2) is 9.50. The minimum absolute atomic E-state index is 0.0758. The van der Waals surface area contributed by atoms with Gasteiger partial charge in [0.2, 0.25) is 10.0 Å². The third-order valence-corrected chi connectivity index (χ3v) is 3.84. The summed E-state index contributed by atoms with van der Waals surface area (Å²) in [6.45, 7) is 7.92. The van der Waals surface area contributed by atoms with Crippen molar-refractivity contribution in [2.45, 2.75) is 40.5 Å². The van der Waals surface area contributed by atoms with E-state index < -0.39 is 10.0 Å². The first-order chi connectivity index (χ1) is 9.84. The molecular formula is C15H27NO4S. The average molecular weight is 317 g/mol. The number of rotatable bonds is 6. The predicted octanol–water partition coefficient (Wildman–Crippen LogP) is 3.58. The molecule has 0 atom stereocenters. The molecular weight excluding hydrogens is 290 g/mol. The smallest absolute Gasteiger partial charge is 0.232 e. The van der Waals surface area contributed by atoms with Gasteiger partial charge in [-0.1, -0.05) is 27.2 Å². The normalized spacial score (nSPS) is 10.4. The maximum atomic E-state index is 11.8. The summed E-state index contributed by atoms with van der Waals surface area (Å²) in [6, 6.07) is 3.50. The summed E-state index contributed by atoms with van der Waals surface area (Å²) in [5.41, 5.74) is 1.30. The quantitative estimate of drug-likeness (QED) is 0.871. The van der Waals surface area contributed by atoms with E-state index in [0.717, 1.165) is 5.56 Å². The summed E-state index contributed by atoms with van der Waals surface area (Å²) in [7, 11) is -0.352. The molecule has 0 amide bonds. The largest absolute Gasteiger partial charge is 0.493 e. The SMILES string of the molecule is CCC.CCCS(=O)(=O)Nc1cc(C)cc(OC)c1OC. The van der Waals surface area contributed by atoms with Crippen LogP contribution in [-0.4, -0.2) is 28.4 Å². The van der Waals surface area contributed by atoms with Crippen molar-refractivity contribution in [1.82, 2.24) is 0 Å². The van der Waals surface area contributed by atoms with Crippen LogP contribution in [0.5, 0.6) is 11.5 Å². The summed E-state index contributed by atoms with van der Waals surface area (Å²) in [4.78, 5) is 0.